The van der Waals surface area contributed by atoms with Crippen molar-refractivity contribution in [1.29, 1.82) is 0 Å². The van der Waals surface area contributed by atoms with Crippen molar-refractivity contribution in [1.82, 2.24) is 4.90 Å². The molecular formula is C25H20F4N2O3. The summed E-state index contributed by atoms with van der Waals surface area (Å²) in [4.78, 5) is 26.3. The molecule has 0 spiro atoms. The van der Waals surface area contributed by atoms with Crippen molar-refractivity contribution >= 4 is 17.5 Å². The Morgan fingerprint density at radius 3 is 2.50 bits per heavy atom. The lowest BCUT2D eigenvalue weighted by molar-refractivity contribution is -0.137. The third kappa shape index (κ3) is 5.72. The molecule has 0 aliphatic carbocycles. The SMILES string of the molecule is O=C(Cc1ccc(F)cc1)Nc1ccc2c(c1)CN(Cc1cccc(C(F)(F)F)c1)C(=O)CO2. The average molecular weight is 472 g/mol. The van der Waals surface area contributed by atoms with Gasteiger partial charge >= 0.3 is 6.18 Å². The summed E-state index contributed by atoms with van der Waals surface area (Å²) < 4.78 is 57.7. The van der Waals surface area contributed by atoms with E-state index < -0.39 is 11.7 Å². The van der Waals surface area contributed by atoms with Crippen LogP contribution < -0.4 is 10.1 Å². The van der Waals surface area contributed by atoms with Crippen LogP contribution in [0.25, 0.3) is 0 Å². The minimum atomic E-state index is -4.48. The minimum Gasteiger partial charge on any atom is -0.483 e. The van der Waals surface area contributed by atoms with Crippen LogP contribution in [0.1, 0.15) is 22.3 Å². The Morgan fingerprint density at radius 2 is 1.76 bits per heavy atom. The number of rotatable bonds is 5. The quantitative estimate of drug-likeness (QED) is 0.535. The van der Waals surface area contributed by atoms with Crippen LogP contribution in [-0.2, 0) is 35.3 Å². The number of alkyl halides is 3. The molecule has 2 amide bonds. The van der Waals surface area contributed by atoms with E-state index in [9.17, 15) is 27.2 Å². The van der Waals surface area contributed by atoms with E-state index in [1.165, 1.54) is 41.3 Å². The van der Waals surface area contributed by atoms with E-state index in [2.05, 4.69) is 5.32 Å². The molecule has 0 aromatic heterocycles. The number of hydrogen-bond acceptors (Lipinski definition) is 3. The van der Waals surface area contributed by atoms with Crippen LogP contribution in [0.3, 0.4) is 0 Å². The van der Waals surface area contributed by atoms with Crippen molar-refractivity contribution in [2.24, 2.45) is 0 Å². The number of fused-ring (bicyclic) bond motifs is 1. The van der Waals surface area contributed by atoms with E-state index in [0.717, 1.165) is 12.1 Å². The topological polar surface area (TPSA) is 58.6 Å². The van der Waals surface area contributed by atoms with Gasteiger partial charge < -0.3 is 15.0 Å². The maximum atomic E-state index is 13.0. The highest BCUT2D eigenvalue weighted by Crippen LogP contribution is 2.31. The van der Waals surface area contributed by atoms with E-state index in [1.54, 1.807) is 18.2 Å². The highest BCUT2D eigenvalue weighted by Gasteiger charge is 2.31. The molecule has 4 rings (SSSR count). The smallest absolute Gasteiger partial charge is 0.416 e. The zero-order chi connectivity index (χ0) is 24.3. The normalized spacial score (nSPS) is 13.6. The number of ether oxygens (including phenoxy) is 1. The molecule has 1 aliphatic heterocycles. The molecule has 0 fully saturated rings. The van der Waals surface area contributed by atoms with Gasteiger partial charge in [-0.3, -0.25) is 9.59 Å². The number of anilines is 1. The van der Waals surface area contributed by atoms with Crippen LogP contribution in [0, 0.1) is 5.82 Å². The first-order valence-corrected chi connectivity index (χ1v) is 10.4. The summed E-state index contributed by atoms with van der Waals surface area (Å²) in [5, 5.41) is 2.76. The van der Waals surface area contributed by atoms with Crippen LogP contribution in [-0.4, -0.2) is 23.3 Å². The fourth-order valence-corrected chi connectivity index (χ4v) is 3.65. The van der Waals surface area contributed by atoms with E-state index >= 15 is 0 Å². The number of amides is 2. The molecule has 0 saturated heterocycles. The molecule has 34 heavy (non-hydrogen) atoms. The van der Waals surface area contributed by atoms with Crippen molar-refractivity contribution in [2.75, 3.05) is 11.9 Å². The largest absolute Gasteiger partial charge is 0.483 e. The van der Waals surface area contributed by atoms with E-state index in [1.807, 2.05) is 0 Å². The molecule has 9 heteroatoms. The summed E-state index contributed by atoms with van der Waals surface area (Å²) in [5.74, 6) is -0.607. The molecule has 0 radical (unpaired) electrons. The van der Waals surface area contributed by atoms with Crippen molar-refractivity contribution in [3.63, 3.8) is 0 Å². The molecule has 1 N–H and O–H groups in total. The number of benzene rings is 3. The Labute approximate surface area is 193 Å². The van der Waals surface area contributed by atoms with E-state index in [4.69, 9.17) is 4.74 Å². The first-order valence-electron chi connectivity index (χ1n) is 10.4. The molecule has 0 bridgehead atoms. The molecule has 0 saturated carbocycles. The number of halogens is 4. The summed E-state index contributed by atoms with van der Waals surface area (Å²) in [6.45, 7) is -0.166. The Bertz CT molecular complexity index is 1210. The molecular weight excluding hydrogens is 452 g/mol. The summed E-state index contributed by atoms with van der Waals surface area (Å²) in [6.07, 6.45) is -4.43. The lowest BCUT2D eigenvalue weighted by Crippen LogP contribution is -2.32. The molecule has 1 aliphatic rings. The number of carbonyl (C=O) groups excluding carboxylic acids is 2. The van der Waals surface area contributed by atoms with Crippen molar-refractivity contribution in [3.8, 4) is 5.75 Å². The monoisotopic (exact) mass is 472 g/mol. The lowest BCUT2D eigenvalue weighted by Gasteiger charge is -2.21. The van der Waals surface area contributed by atoms with Gasteiger partial charge in [0.15, 0.2) is 6.61 Å². The van der Waals surface area contributed by atoms with Crippen molar-refractivity contribution in [2.45, 2.75) is 25.7 Å². The maximum Gasteiger partial charge on any atom is 0.416 e. The Kier molecular flexibility index (Phi) is 6.54. The van der Waals surface area contributed by atoms with Gasteiger partial charge in [-0.25, -0.2) is 4.39 Å². The minimum absolute atomic E-state index is 0.0211. The molecule has 3 aromatic rings. The summed E-state index contributed by atoms with van der Waals surface area (Å²) in [5.41, 5.74) is 1.29. The number of hydrogen-bond donors (Lipinski definition) is 1. The zero-order valence-corrected chi connectivity index (χ0v) is 17.9. The Morgan fingerprint density at radius 1 is 1.00 bits per heavy atom. The second kappa shape index (κ2) is 9.54. The standard InChI is InChI=1S/C25H20F4N2O3/c26-20-6-4-16(5-7-20)11-23(32)30-21-8-9-22-18(12-21)14-31(24(33)15-34-22)13-17-2-1-3-19(10-17)25(27,28)29/h1-10,12H,11,13-15H2,(H,30,32). The van der Waals surface area contributed by atoms with Crippen LogP contribution >= 0.6 is 0 Å². The second-order valence-electron chi connectivity index (χ2n) is 7.91. The molecule has 1 heterocycles. The molecule has 0 atom stereocenters. The Balaban J connectivity index is 1.48. The molecule has 3 aromatic carbocycles. The van der Waals surface area contributed by atoms with Crippen LogP contribution in [0.5, 0.6) is 5.75 Å². The predicted molar refractivity (Wildman–Crippen MR) is 116 cm³/mol. The van der Waals surface area contributed by atoms with Gasteiger partial charge in [-0.1, -0.05) is 24.3 Å². The highest BCUT2D eigenvalue weighted by atomic mass is 19.4. The first-order chi connectivity index (χ1) is 16.2. The first kappa shape index (κ1) is 23.3. The third-order valence-corrected chi connectivity index (χ3v) is 5.31. The van der Waals surface area contributed by atoms with E-state index in [-0.39, 0.29) is 43.7 Å². The van der Waals surface area contributed by atoms with Gasteiger partial charge in [-0.2, -0.15) is 13.2 Å². The van der Waals surface area contributed by atoms with Crippen LogP contribution in [0.2, 0.25) is 0 Å². The Hall–Kier alpha value is -3.88. The predicted octanol–water partition coefficient (Wildman–Crippen LogP) is 4.95. The average Bonchev–Trinajstić information content (AvgIpc) is 2.93. The van der Waals surface area contributed by atoms with E-state index in [0.29, 0.717) is 28.1 Å². The lowest BCUT2D eigenvalue weighted by atomic mass is 10.1. The van der Waals surface area contributed by atoms with Gasteiger partial charge in [-0.05, 0) is 53.6 Å². The summed E-state index contributed by atoms with van der Waals surface area (Å²) in [6, 6.07) is 15.4. The van der Waals surface area contributed by atoms with Gasteiger partial charge in [0.2, 0.25) is 5.91 Å². The van der Waals surface area contributed by atoms with Crippen LogP contribution in [0.15, 0.2) is 66.7 Å². The van der Waals surface area contributed by atoms with Gasteiger partial charge in [0.25, 0.3) is 5.91 Å². The molecule has 5 nitrogen and oxygen atoms in total. The number of nitrogens with zero attached hydrogens (tertiary/aromatic N) is 1. The second-order valence-corrected chi connectivity index (χ2v) is 7.91. The van der Waals surface area contributed by atoms with Gasteiger partial charge in [0.1, 0.15) is 11.6 Å². The van der Waals surface area contributed by atoms with Gasteiger partial charge in [0.05, 0.1) is 12.0 Å². The summed E-state index contributed by atoms with van der Waals surface area (Å²) >= 11 is 0. The fraction of sp³-hybridized carbons (Fsp3) is 0.200. The number of carbonyl (C=O) groups is 2. The van der Waals surface area contributed by atoms with Gasteiger partial charge in [-0.15, -0.1) is 0 Å². The molecule has 176 valence electrons. The summed E-state index contributed by atoms with van der Waals surface area (Å²) in [7, 11) is 0. The van der Waals surface area contributed by atoms with Crippen LogP contribution in [0.4, 0.5) is 23.2 Å². The zero-order valence-electron chi connectivity index (χ0n) is 17.9. The highest BCUT2D eigenvalue weighted by molar-refractivity contribution is 5.92. The van der Waals surface area contributed by atoms with Crippen molar-refractivity contribution < 1.29 is 31.9 Å². The van der Waals surface area contributed by atoms with Crippen molar-refractivity contribution in [3.05, 3.63) is 94.8 Å². The van der Waals surface area contributed by atoms with Gasteiger partial charge in [0, 0.05) is 24.3 Å². The molecule has 0 unspecified atom stereocenters. The maximum absolute atomic E-state index is 13.0. The number of nitrogens with one attached hydrogen (secondary N) is 1. The fourth-order valence-electron chi connectivity index (χ4n) is 3.65. The third-order valence-electron chi connectivity index (χ3n) is 5.31.